The quantitative estimate of drug-likeness (QED) is 0.463. The zero-order chi connectivity index (χ0) is 15.2. The summed E-state index contributed by atoms with van der Waals surface area (Å²) in [5.74, 6) is 0. The molecule has 0 spiro atoms. The molecule has 0 aliphatic heterocycles. The maximum absolute atomic E-state index is 9.67. The van der Waals surface area contributed by atoms with E-state index in [1.165, 1.54) is 57.9 Å². The summed E-state index contributed by atoms with van der Waals surface area (Å²) in [4.78, 5) is 0. The summed E-state index contributed by atoms with van der Waals surface area (Å²) in [6, 6.07) is 0. The van der Waals surface area contributed by atoms with Crippen LogP contribution in [0.3, 0.4) is 0 Å². The van der Waals surface area contributed by atoms with Gasteiger partial charge in [0, 0.05) is 0 Å². The van der Waals surface area contributed by atoms with Crippen molar-refractivity contribution < 1.29 is 17.7 Å². The van der Waals surface area contributed by atoms with Crippen molar-refractivity contribution in [2.24, 2.45) is 7.05 Å². The van der Waals surface area contributed by atoms with E-state index in [1.54, 1.807) is 0 Å². The molecule has 0 aromatic carbocycles. The predicted octanol–water partition coefficient (Wildman–Crippen LogP) is 4.63. The van der Waals surface area contributed by atoms with Crippen LogP contribution in [0.2, 0.25) is 0 Å². The third-order valence-corrected chi connectivity index (χ3v) is 3.09. The predicted molar refractivity (Wildman–Crippen MR) is 75.3 cm³/mol. The van der Waals surface area contributed by atoms with Gasteiger partial charge in [-0.3, -0.25) is 0 Å². The van der Waals surface area contributed by atoms with Gasteiger partial charge in [0.1, 0.15) is 12.4 Å². The van der Waals surface area contributed by atoms with Crippen LogP contribution in [0.25, 0.3) is 0 Å². The molecule has 1 rings (SSSR count). The first-order valence-electron chi connectivity index (χ1n) is 7.49. The second kappa shape index (κ2) is 13.0. The van der Waals surface area contributed by atoms with Crippen LogP contribution in [0.15, 0.2) is 18.7 Å². The number of hydrogen-bond acceptors (Lipinski definition) is 0. The van der Waals surface area contributed by atoms with E-state index < -0.39 is 6.68 Å². The van der Waals surface area contributed by atoms with Crippen LogP contribution in [0, 0.1) is 0 Å². The molecule has 0 radical (unpaired) electrons. The number of imidazole rings is 1. The molecule has 5 heteroatoms. The maximum atomic E-state index is 9.67. The summed E-state index contributed by atoms with van der Waals surface area (Å²) < 4.78 is 33.4. The van der Waals surface area contributed by atoms with Crippen LogP contribution in [0.5, 0.6) is 0 Å². The molecule has 0 N–H and O–H groups in total. The van der Waals surface area contributed by atoms with Gasteiger partial charge in [0.25, 0.3) is 0 Å². The molecule has 118 valence electrons. The molecule has 1 aromatic heterocycles. The number of nitrogens with zero attached hydrogens (tertiary/aromatic N) is 2. The van der Waals surface area contributed by atoms with E-state index >= 15 is 0 Å². The molecular weight excluding hydrogens is 265 g/mol. The average molecular weight is 293 g/mol. The molecule has 0 amide bonds. The molecule has 1 aromatic rings. The Balaban J connectivity index is 0.000000796. The second-order valence-corrected chi connectivity index (χ2v) is 5.04. The first kappa shape index (κ1) is 19.0. The lowest BCUT2D eigenvalue weighted by Crippen LogP contribution is -2.30. The van der Waals surface area contributed by atoms with Gasteiger partial charge in [0.15, 0.2) is 0 Å². The zero-order valence-corrected chi connectivity index (χ0v) is 12.7. The van der Waals surface area contributed by atoms with E-state index in [-0.39, 0.29) is 0 Å². The summed E-state index contributed by atoms with van der Waals surface area (Å²) >= 11 is 0. The summed E-state index contributed by atoms with van der Waals surface area (Å²) in [6.45, 7) is -0.215. The van der Waals surface area contributed by atoms with Crippen molar-refractivity contribution in [1.29, 1.82) is 0 Å². The third kappa shape index (κ3) is 13.4. The van der Waals surface area contributed by atoms with E-state index in [2.05, 4.69) is 41.8 Å². The largest absolute Gasteiger partial charge is 0.379 e. The van der Waals surface area contributed by atoms with Gasteiger partial charge in [0.05, 0.1) is 13.6 Å². The molecule has 0 aliphatic rings. The highest BCUT2D eigenvalue weighted by molar-refractivity contribution is 4.61. The van der Waals surface area contributed by atoms with Crippen molar-refractivity contribution in [2.75, 3.05) is 0 Å². The summed E-state index contributed by atoms with van der Waals surface area (Å²) in [5, 5.41) is 0. The van der Waals surface area contributed by atoms with Crippen LogP contribution in [0.4, 0.5) is 13.2 Å². The Bertz CT molecular complexity index is 311. The van der Waals surface area contributed by atoms with E-state index in [4.69, 9.17) is 0 Å². The first-order chi connectivity index (χ1) is 9.56. The molecule has 0 saturated heterocycles. The summed E-state index contributed by atoms with van der Waals surface area (Å²) in [7, 11) is 2.07. The van der Waals surface area contributed by atoms with Crippen molar-refractivity contribution in [3.63, 3.8) is 0 Å². The molecule has 0 unspecified atom stereocenters. The Morgan fingerprint density at radius 3 is 1.90 bits per heavy atom. The fraction of sp³-hybridized carbons (Fsp3) is 0.800. The van der Waals surface area contributed by atoms with Gasteiger partial charge >= 0.3 is 6.68 Å². The van der Waals surface area contributed by atoms with Gasteiger partial charge in [-0.25, -0.2) is 9.13 Å². The molecule has 2 nitrogen and oxygen atoms in total. The van der Waals surface area contributed by atoms with Gasteiger partial charge in [-0.05, 0) is 12.8 Å². The van der Waals surface area contributed by atoms with E-state index in [9.17, 15) is 13.2 Å². The van der Waals surface area contributed by atoms with Crippen LogP contribution in [-0.2, 0) is 13.6 Å². The number of unbranched alkanes of at least 4 members (excludes halogenated alkanes) is 7. The summed E-state index contributed by atoms with van der Waals surface area (Å²) in [6.07, 6.45) is 17.6. The smallest absolute Gasteiger partial charge is 0.240 e. The Morgan fingerprint density at radius 2 is 1.45 bits per heavy atom. The molecule has 0 aliphatic carbocycles. The highest BCUT2D eigenvalue weighted by Crippen LogP contribution is 2.08. The Morgan fingerprint density at radius 1 is 0.950 bits per heavy atom. The van der Waals surface area contributed by atoms with Crippen molar-refractivity contribution in [2.45, 2.75) is 71.5 Å². The Kier molecular flexibility index (Phi) is 12.4. The highest BCUT2D eigenvalue weighted by atomic mass is 19.4. The van der Waals surface area contributed by atoms with Crippen LogP contribution in [-0.4, -0.2) is 11.2 Å². The second-order valence-electron chi connectivity index (χ2n) is 5.04. The fourth-order valence-corrected chi connectivity index (χ4v) is 2.06. The van der Waals surface area contributed by atoms with E-state index in [0.717, 1.165) is 0 Å². The SMILES string of the molecule is CCCCCCCCCC[n+]1ccn(C)c1.FC(F)F. The number of alkyl halides is 3. The number of aromatic nitrogens is 2. The monoisotopic (exact) mass is 293 g/mol. The lowest BCUT2D eigenvalue weighted by Gasteiger charge is -2.00. The number of rotatable bonds is 9. The summed E-state index contributed by atoms with van der Waals surface area (Å²) in [5.41, 5.74) is 0. The lowest BCUT2D eigenvalue weighted by molar-refractivity contribution is -0.696. The Hall–Kier alpha value is -1.00. The van der Waals surface area contributed by atoms with Gasteiger partial charge in [-0.2, -0.15) is 13.2 Å². The van der Waals surface area contributed by atoms with Gasteiger partial charge in [-0.1, -0.05) is 45.4 Å². The third-order valence-electron chi connectivity index (χ3n) is 3.09. The van der Waals surface area contributed by atoms with Crippen LogP contribution >= 0.6 is 0 Å². The van der Waals surface area contributed by atoms with Crippen molar-refractivity contribution in [1.82, 2.24) is 4.57 Å². The fourth-order valence-electron chi connectivity index (χ4n) is 2.06. The molecule has 0 fully saturated rings. The number of hydrogen-bond donors (Lipinski definition) is 0. The molecule has 20 heavy (non-hydrogen) atoms. The molecule has 0 bridgehead atoms. The standard InChI is InChI=1S/C14H27N2.CHF3/c1-3-4-5-6-7-8-9-10-11-16-13-12-15(2)14-16;2-1(3)4/h12-14H,3-11H2,1-2H3;1H/q+1;. The van der Waals surface area contributed by atoms with Gasteiger partial charge in [-0.15, -0.1) is 0 Å². The van der Waals surface area contributed by atoms with Crippen molar-refractivity contribution in [3.8, 4) is 0 Å². The van der Waals surface area contributed by atoms with Gasteiger partial charge < -0.3 is 0 Å². The minimum atomic E-state index is -3.67. The molecule has 0 atom stereocenters. The number of halogens is 3. The van der Waals surface area contributed by atoms with Crippen LogP contribution < -0.4 is 4.57 Å². The average Bonchev–Trinajstić information content (AvgIpc) is 2.78. The zero-order valence-electron chi connectivity index (χ0n) is 12.7. The van der Waals surface area contributed by atoms with Crippen molar-refractivity contribution >= 4 is 0 Å². The lowest BCUT2D eigenvalue weighted by atomic mass is 10.1. The van der Waals surface area contributed by atoms with E-state index in [0.29, 0.717) is 0 Å². The minimum absolute atomic E-state index is 1.18. The minimum Gasteiger partial charge on any atom is -0.240 e. The molecule has 0 saturated carbocycles. The normalized spacial score (nSPS) is 10.5. The Labute approximate surface area is 120 Å². The molecular formula is C15H28F3N2+. The topological polar surface area (TPSA) is 8.81 Å². The highest BCUT2D eigenvalue weighted by Gasteiger charge is 1.98. The van der Waals surface area contributed by atoms with Crippen molar-refractivity contribution in [3.05, 3.63) is 18.7 Å². The van der Waals surface area contributed by atoms with Crippen LogP contribution in [0.1, 0.15) is 58.3 Å². The number of aryl methyl sites for hydroxylation is 2. The maximum Gasteiger partial charge on any atom is 0.379 e. The molecule has 1 heterocycles. The first-order valence-corrected chi connectivity index (χ1v) is 7.49. The van der Waals surface area contributed by atoms with E-state index in [1.807, 2.05) is 0 Å². The van der Waals surface area contributed by atoms with Gasteiger partial charge in [0.2, 0.25) is 6.33 Å².